The van der Waals surface area contributed by atoms with E-state index in [-0.39, 0.29) is 0 Å². The van der Waals surface area contributed by atoms with Gasteiger partial charge in [-0.1, -0.05) is 55.1 Å². The van der Waals surface area contributed by atoms with Gasteiger partial charge >= 0.3 is 0 Å². The van der Waals surface area contributed by atoms with Crippen molar-refractivity contribution in [1.82, 2.24) is 4.98 Å². The number of unbranched alkanes of at least 4 members (excludes halogenated alkanes) is 1. The number of halogens is 3. The van der Waals surface area contributed by atoms with E-state index in [1.165, 1.54) is 0 Å². The van der Waals surface area contributed by atoms with Crippen LogP contribution in [0.3, 0.4) is 0 Å². The second kappa shape index (κ2) is 7.42. The van der Waals surface area contributed by atoms with E-state index in [9.17, 15) is 0 Å². The number of hydrogen-bond acceptors (Lipinski definition) is 2. The van der Waals surface area contributed by atoms with Crippen LogP contribution in [0.4, 0.5) is 5.82 Å². The van der Waals surface area contributed by atoms with E-state index in [0.717, 1.165) is 31.6 Å². The van der Waals surface area contributed by atoms with Gasteiger partial charge in [-0.25, -0.2) is 4.98 Å². The third-order valence-electron chi connectivity index (χ3n) is 3.02. The molecule has 0 N–H and O–H groups in total. The molecule has 0 aliphatic heterocycles. The second-order valence-electron chi connectivity index (χ2n) is 4.37. The molecule has 0 aliphatic carbocycles. The van der Waals surface area contributed by atoms with Crippen LogP contribution in [0.25, 0.3) is 0 Å². The maximum atomic E-state index is 6.23. The van der Waals surface area contributed by atoms with Crippen LogP contribution in [0.1, 0.15) is 40.0 Å². The number of aromatic nitrogens is 1. The highest BCUT2D eigenvalue weighted by Crippen LogP contribution is 2.32. The summed E-state index contributed by atoms with van der Waals surface area (Å²) in [5, 5.41) is 1.26. The first-order valence-electron chi connectivity index (χ1n) is 6.29. The van der Waals surface area contributed by atoms with Crippen molar-refractivity contribution >= 4 is 40.6 Å². The van der Waals surface area contributed by atoms with Crippen LogP contribution in [0, 0.1) is 0 Å². The molecule has 1 aromatic heterocycles. The lowest BCUT2D eigenvalue weighted by molar-refractivity contribution is 0.590. The lowest BCUT2D eigenvalue weighted by atomic mass is 10.2. The topological polar surface area (TPSA) is 16.1 Å². The quantitative estimate of drug-likeness (QED) is 0.650. The zero-order valence-corrected chi connectivity index (χ0v) is 13.3. The van der Waals surface area contributed by atoms with E-state index in [1.54, 1.807) is 6.07 Å². The van der Waals surface area contributed by atoms with Crippen LogP contribution >= 0.6 is 34.8 Å². The van der Waals surface area contributed by atoms with Crippen LogP contribution in [0.5, 0.6) is 0 Å². The van der Waals surface area contributed by atoms with Crippen molar-refractivity contribution < 1.29 is 0 Å². The van der Waals surface area contributed by atoms with Crippen molar-refractivity contribution in [1.29, 1.82) is 0 Å². The Balaban J connectivity index is 3.07. The molecule has 5 heteroatoms. The average molecular weight is 310 g/mol. The average Bonchev–Trinajstić information content (AvgIpc) is 2.35. The summed E-state index contributed by atoms with van der Waals surface area (Å²) in [5.74, 6) is 0.730. The number of nitrogens with zero attached hydrogens (tertiary/aromatic N) is 2. The van der Waals surface area contributed by atoms with Crippen molar-refractivity contribution in [3.05, 3.63) is 21.3 Å². The summed E-state index contributed by atoms with van der Waals surface area (Å²) in [6.45, 7) is 7.40. The summed E-state index contributed by atoms with van der Waals surface area (Å²) < 4.78 is 0. The smallest absolute Gasteiger partial charge is 0.150 e. The number of hydrogen-bond donors (Lipinski definition) is 0. The Morgan fingerprint density at radius 2 is 1.89 bits per heavy atom. The first kappa shape index (κ1) is 15.9. The molecule has 0 fully saturated rings. The van der Waals surface area contributed by atoms with Gasteiger partial charge in [0.2, 0.25) is 0 Å². The fourth-order valence-corrected chi connectivity index (χ4v) is 2.32. The minimum absolute atomic E-state index is 0.306. The van der Waals surface area contributed by atoms with Gasteiger partial charge < -0.3 is 4.90 Å². The molecule has 1 rings (SSSR count). The fraction of sp³-hybridized carbons (Fsp3) is 0.615. The van der Waals surface area contributed by atoms with E-state index >= 15 is 0 Å². The Hall–Kier alpha value is -0.180. The largest absolute Gasteiger partial charge is 0.353 e. The summed E-state index contributed by atoms with van der Waals surface area (Å²) in [5.41, 5.74) is 0. The molecule has 1 aromatic rings. The summed E-state index contributed by atoms with van der Waals surface area (Å²) in [6, 6.07) is 2.04. The van der Waals surface area contributed by atoms with Gasteiger partial charge in [-0.3, -0.25) is 0 Å². The number of rotatable bonds is 6. The molecule has 0 amide bonds. The van der Waals surface area contributed by atoms with Gasteiger partial charge in [0.05, 0.1) is 10.0 Å². The zero-order valence-electron chi connectivity index (χ0n) is 11.0. The third-order valence-corrected chi connectivity index (χ3v) is 3.97. The number of pyridine rings is 1. The predicted octanol–water partition coefficient (Wildman–Crippen LogP) is 5.45. The summed E-state index contributed by atoms with van der Waals surface area (Å²) in [4.78, 5) is 6.52. The first-order chi connectivity index (χ1) is 8.51. The summed E-state index contributed by atoms with van der Waals surface area (Å²) in [6.07, 6.45) is 3.26. The standard InChI is InChI=1S/C13H19Cl3N2/c1-4-6-7-18(9(3)5-2)13-11(15)8-10(14)12(16)17-13/h8-9H,4-7H2,1-3H3. The minimum Gasteiger partial charge on any atom is -0.353 e. The molecule has 0 saturated carbocycles. The van der Waals surface area contributed by atoms with E-state index in [0.29, 0.717) is 21.2 Å². The fourth-order valence-electron chi connectivity index (χ4n) is 1.72. The predicted molar refractivity (Wildman–Crippen MR) is 81.3 cm³/mol. The molecule has 0 saturated heterocycles. The lowest BCUT2D eigenvalue weighted by Gasteiger charge is -2.30. The van der Waals surface area contributed by atoms with Crippen molar-refractivity contribution in [3.63, 3.8) is 0 Å². The molecule has 0 spiro atoms. The normalized spacial score (nSPS) is 12.6. The van der Waals surface area contributed by atoms with Gasteiger partial charge in [0, 0.05) is 12.6 Å². The molecule has 0 aromatic carbocycles. The monoisotopic (exact) mass is 308 g/mol. The maximum absolute atomic E-state index is 6.23. The van der Waals surface area contributed by atoms with Crippen LogP contribution in [-0.2, 0) is 0 Å². The van der Waals surface area contributed by atoms with Gasteiger partial charge in [-0.15, -0.1) is 0 Å². The van der Waals surface area contributed by atoms with Crippen molar-refractivity contribution in [2.75, 3.05) is 11.4 Å². The van der Waals surface area contributed by atoms with Gasteiger partial charge in [0.15, 0.2) is 0 Å². The molecule has 0 aliphatic rings. The molecule has 18 heavy (non-hydrogen) atoms. The molecule has 102 valence electrons. The Labute approximate surface area is 124 Å². The van der Waals surface area contributed by atoms with Gasteiger partial charge in [0.1, 0.15) is 11.0 Å². The summed E-state index contributed by atoms with van der Waals surface area (Å²) in [7, 11) is 0. The maximum Gasteiger partial charge on any atom is 0.150 e. The van der Waals surface area contributed by atoms with E-state index < -0.39 is 0 Å². The zero-order chi connectivity index (χ0) is 13.7. The van der Waals surface area contributed by atoms with Crippen molar-refractivity contribution in [2.45, 2.75) is 46.1 Å². The highest BCUT2D eigenvalue weighted by Gasteiger charge is 2.18. The van der Waals surface area contributed by atoms with Crippen LogP contribution < -0.4 is 4.90 Å². The Bertz CT molecular complexity index is 396. The molecular formula is C13H19Cl3N2. The van der Waals surface area contributed by atoms with Gasteiger partial charge in [-0.05, 0) is 25.8 Å². The number of anilines is 1. The lowest BCUT2D eigenvalue weighted by Crippen LogP contribution is -2.34. The second-order valence-corrected chi connectivity index (χ2v) is 5.54. The molecule has 1 unspecified atom stereocenters. The van der Waals surface area contributed by atoms with Crippen molar-refractivity contribution in [2.24, 2.45) is 0 Å². The molecule has 2 nitrogen and oxygen atoms in total. The molecule has 1 atom stereocenters. The molecule has 0 radical (unpaired) electrons. The molecule has 1 heterocycles. The van der Waals surface area contributed by atoms with Crippen LogP contribution in [-0.4, -0.2) is 17.6 Å². The first-order valence-corrected chi connectivity index (χ1v) is 7.42. The Kier molecular flexibility index (Phi) is 6.54. The SMILES string of the molecule is CCCCN(c1nc(Cl)c(Cl)cc1Cl)C(C)CC. The van der Waals surface area contributed by atoms with Crippen LogP contribution in [0.15, 0.2) is 6.07 Å². The van der Waals surface area contributed by atoms with Gasteiger partial charge in [0.25, 0.3) is 0 Å². The Morgan fingerprint density at radius 3 is 2.44 bits per heavy atom. The van der Waals surface area contributed by atoms with Crippen molar-refractivity contribution in [3.8, 4) is 0 Å². The molecule has 0 bridgehead atoms. The highest BCUT2D eigenvalue weighted by molar-refractivity contribution is 6.42. The van der Waals surface area contributed by atoms with Crippen LogP contribution in [0.2, 0.25) is 15.2 Å². The van der Waals surface area contributed by atoms with Gasteiger partial charge in [-0.2, -0.15) is 0 Å². The molecular weight excluding hydrogens is 291 g/mol. The Morgan fingerprint density at radius 1 is 1.22 bits per heavy atom. The summed E-state index contributed by atoms with van der Waals surface area (Å²) >= 11 is 18.1. The van der Waals surface area contributed by atoms with E-state index in [4.69, 9.17) is 34.8 Å². The van der Waals surface area contributed by atoms with E-state index in [2.05, 4.69) is 30.7 Å². The minimum atomic E-state index is 0.306. The van der Waals surface area contributed by atoms with E-state index in [1.807, 2.05) is 0 Å². The highest BCUT2D eigenvalue weighted by atomic mass is 35.5. The third kappa shape index (κ3) is 3.91.